The van der Waals surface area contributed by atoms with E-state index in [0.717, 1.165) is 22.3 Å². The number of hydrogen-bond donors (Lipinski definition) is 0. The van der Waals surface area contributed by atoms with Gasteiger partial charge in [-0.2, -0.15) is 0 Å². The van der Waals surface area contributed by atoms with Crippen LogP contribution in [0.25, 0.3) is 12.2 Å². The normalized spacial score (nSPS) is 13.9. The predicted molar refractivity (Wildman–Crippen MR) is 111 cm³/mol. The van der Waals surface area contributed by atoms with Gasteiger partial charge in [0.25, 0.3) is 0 Å². The Morgan fingerprint density at radius 1 is 1.04 bits per heavy atom. The van der Waals surface area contributed by atoms with Crippen LogP contribution in [0.3, 0.4) is 0 Å². The van der Waals surface area contributed by atoms with Gasteiger partial charge < -0.3 is 9.47 Å². The van der Waals surface area contributed by atoms with Crippen LogP contribution in [0.5, 0.6) is 11.5 Å². The number of ether oxygens (including phenoxy) is 2. The summed E-state index contributed by atoms with van der Waals surface area (Å²) in [6, 6.07) is 21.2. The van der Waals surface area contributed by atoms with Gasteiger partial charge in [-0.1, -0.05) is 61.2 Å². The molecule has 3 nitrogen and oxygen atoms in total. The summed E-state index contributed by atoms with van der Waals surface area (Å²) in [5, 5.41) is 0. The van der Waals surface area contributed by atoms with E-state index in [1.807, 2.05) is 61.5 Å². The number of fused-ring (bicyclic) bond motifs is 1. The van der Waals surface area contributed by atoms with E-state index >= 15 is 0 Å². The zero-order valence-corrected chi connectivity index (χ0v) is 15.6. The van der Waals surface area contributed by atoms with Crippen molar-refractivity contribution in [3.63, 3.8) is 0 Å². The van der Waals surface area contributed by atoms with E-state index in [4.69, 9.17) is 9.47 Å². The third kappa shape index (κ3) is 3.60. The first-order valence-corrected chi connectivity index (χ1v) is 9.12. The molecule has 0 spiro atoms. The van der Waals surface area contributed by atoms with E-state index in [1.54, 1.807) is 24.3 Å². The predicted octanol–water partition coefficient (Wildman–Crippen LogP) is 5.83. The molecule has 3 aromatic rings. The lowest BCUT2D eigenvalue weighted by Crippen LogP contribution is -1.98. The lowest BCUT2D eigenvalue weighted by molar-refractivity contribution is 0.101. The molecule has 28 heavy (non-hydrogen) atoms. The molecule has 0 unspecified atom stereocenters. The molecule has 0 saturated carbocycles. The highest BCUT2D eigenvalue weighted by molar-refractivity contribution is 6.14. The Morgan fingerprint density at radius 3 is 2.57 bits per heavy atom. The molecule has 1 heterocycles. The van der Waals surface area contributed by atoms with Crippen molar-refractivity contribution in [3.8, 4) is 11.5 Å². The van der Waals surface area contributed by atoms with Crippen molar-refractivity contribution >= 4 is 17.9 Å². The summed E-state index contributed by atoms with van der Waals surface area (Å²) in [6.45, 7) is 6.20. The van der Waals surface area contributed by atoms with Crippen LogP contribution in [0, 0.1) is 6.92 Å². The van der Waals surface area contributed by atoms with Crippen molar-refractivity contribution < 1.29 is 14.3 Å². The molecule has 3 heteroatoms. The first-order valence-electron chi connectivity index (χ1n) is 9.12. The van der Waals surface area contributed by atoms with Crippen LogP contribution in [0.15, 0.2) is 79.1 Å². The van der Waals surface area contributed by atoms with Gasteiger partial charge in [-0.05, 0) is 47.4 Å². The van der Waals surface area contributed by atoms with Gasteiger partial charge in [-0.3, -0.25) is 4.79 Å². The van der Waals surface area contributed by atoms with Crippen LogP contribution in [-0.4, -0.2) is 5.78 Å². The Hall–Kier alpha value is -3.59. The van der Waals surface area contributed by atoms with Crippen LogP contribution < -0.4 is 9.47 Å². The second-order valence-electron chi connectivity index (χ2n) is 6.69. The molecule has 0 saturated heterocycles. The Morgan fingerprint density at radius 2 is 1.82 bits per heavy atom. The highest BCUT2D eigenvalue weighted by Crippen LogP contribution is 2.35. The zero-order valence-electron chi connectivity index (χ0n) is 15.6. The number of carbonyl (C=O) groups is 1. The largest absolute Gasteiger partial charge is 0.489 e. The maximum Gasteiger partial charge on any atom is 0.231 e. The fourth-order valence-electron chi connectivity index (χ4n) is 3.06. The Kier molecular flexibility index (Phi) is 4.81. The highest BCUT2D eigenvalue weighted by atomic mass is 16.5. The van der Waals surface area contributed by atoms with E-state index in [9.17, 15) is 4.79 Å². The van der Waals surface area contributed by atoms with Crippen LogP contribution in [0.4, 0.5) is 0 Å². The summed E-state index contributed by atoms with van der Waals surface area (Å²) in [4.78, 5) is 12.6. The Balaban J connectivity index is 1.50. The van der Waals surface area contributed by atoms with Crippen molar-refractivity contribution in [2.45, 2.75) is 13.5 Å². The molecule has 0 N–H and O–H groups in total. The molecule has 4 rings (SSSR count). The van der Waals surface area contributed by atoms with Crippen molar-refractivity contribution in [1.29, 1.82) is 0 Å². The number of aryl methyl sites for hydroxylation is 1. The molecule has 0 radical (unpaired) electrons. The fourth-order valence-corrected chi connectivity index (χ4v) is 3.06. The average Bonchev–Trinajstić information content (AvgIpc) is 3.03. The third-order valence-corrected chi connectivity index (χ3v) is 4.74. The quantitative estimate of drug-likeness (QED) is 0.531. The number of Topliss-reactive ketones (excluding diaryl/α,β-unsaturated/α-hetero) is 1. The molecule has 0 aliphatic carbocycles. The lowest BCUT2D eigenvalue weighted by Gasteiger charge is -2.07. The van der Waals surface area contributed by atoms with Gasteiger partial charge in [-0.25, -0.2) is 0 Å². The molecule has 1 aliphatic rings. The van der Waals surface area contributed by atoms with Gasteiger partial charge >= 0.3 is 0 Å². The van der Waals surface area contributed by atoms with Gasteiger partial charge in [0, 0.05) is 6.07 Å². The Labute approximate surface area is 164 Å². The molecule has 0 amide bonds. The number of benzene rings is 3. The lowest BCUT2D eigenvalue weighted by atomic mass is 10.1. The molecular formula is C25H20O3. The fraction of sp³-hybridized carbons (Fsp3) is 0.0800. The highest BCUT2D eigenvalue weighted by Gasteiger charge is 2.27. The van der Waals surface area contributed by atoms with Crippen molar-refractivity contribution in [1.82, 2.24) is 0 Å². The van der Waals surface area contributed by atoms with Crippen molar-refractivity contribution in [3.05, 3.63) is 107 Å². The topological polar surface area (TPSA) is 35.5 Å². The standard InChI is InChI=1S/C25H20O3/c1-3-18-8-10-19(11-9-18)16-27-21-12-13-22-23(15-21)28-24(25(22)26)14-20-7-5-4-6-17(20)2/h3-15H,1,16H2,2H3/b24-14+. The summed E-state index contributed by atoms with van der Waals surface area (Å²) >= 11 is 0. The van der Waals surface area contributed by atoms with E-state index in [1.165, 1.54) is 0 Å². The SMILES string of the molecule is C=Cc1ccc(COc2ccc3c(c2)O/C(=C/c2ccccc2C)C3=O)cc1. The van der Waals surface area contributed by atoms with E-state index in [-0.39, 0.29) is 5.78 Å². The number of carbonyl (C=O) groups excluding carboxylic acids is 1. The minimum Gasteiger partial charge on any atom is -0.489 e. The summed E-state index contributed by atoms with van der Waals surface area (Å²) in [7, 11) is 0. The van der Waals surface area contributed by atoms with Crippen molar-refractivity contribution in [2.24, 2.45) is 0 Å². The van der Waals surface area contributed by atoms with E-state index in [2.05, 4.69) is 6.58 Å². The monoisotopic (exact) mass is 368 g/mol. The molecule has 1 aliphatic heterocycles. The second kappa shape index (κ2) is 7.57. The third-order valence-electron chi connectivity index (χ3n) is 4.74. The van der Waals surface area contributed by atoms with Gasteiger partial charge in [0.1, 0.15) is 18.1 Å². The molecular weight excluding hydrogens is 348 g/mol. The number of hydrogen-bond acceptors (Lipinski definition) is 3. The van der Waals surface area contributed by atoms with Crippen LogP contribution >= 0.6 is 0 Å². The molecule has 3 aromatic carbocycles. The summed E-state index contributed by atoms with van der Waals surface area (Å²) < 4.78 is 11.7. The first-order chi connectivity index (χ1) is 13.6. The summed E-state index contributed by atoms with van der Waals surface area (Å²) in [6.07, 6.45) is 3.60. The van der Waals surface area contributed by atoms with E-state index in [0.29, 0.717) is 29.4 Å². The van der Waals surface area contributed by atoms with E-state index < -0.39 is 0 Å². The van der Waals surface area contributed by atoms with Crippen LogP contribution in [-0.2, 0) is 6.61 Å². The second-order valence-corrected chi connectivity index (χ2v) is 6.69. The van der Waals surface area contributed by atoms with Crippen molar-refractivity contribution in [2.75, 3.05) is 0 Å². The summed E-state index contributed by atoms with van der Waals surface area (Å²) in [5.41, 5.74) is 4.75. The first kappa shape index (κ1) is 17.8. The Bertz CT molecular complexity index is 1080. The number of rotatable bonds is 5. The molecule has 0 fully saturated rings. The number of ketones is 1. The van der Waals surface area contributed by atoms with Gasteiger partial charge in [0.2, 0.25) is 5.78 Å². The smallest absolute Gasteiger partial charge is 0.231 e. The molecule has 0 bridgehead atoms. The minimum absolute atomic E-state index is 0.107. The summed E-state index contributed by atoms with van der Waals surface area (Å²) in [5.74, 6) is 1.42. The van der Waals surface area contributed by atoms with Gasteiger partial charge in [0.05, 0.1) is 5.56 Å². The van der Waals surface area contributed by atoms with Gasteiger partial charge in [0.15, 0.2) is 5.76 Å². The molecule has 0 atom stereocenters. The van der Waals surface area contributed by atoms with Crippen LogP contribution in [0.1, 0.15) is 32.6 Å². The minimum atomic E-state index is -0.107. The average molecular weight is 368 g/mol. The van der Waals surface area contributed by atoms with Gasteiger partial charge in [-0.15, -0.1) is 0 Å². The van der Waals surface area contributed by atoms with Crippen LogP contribution in [0.2, 0.25) is 0 Å². The maximum atomic E-state index is 12.6. The molecule has 138 valence electrons. The zero-order chi connectivity index (χ0) is 19.5. The number of allylic oxidation sites excluding steroid dienone is 1. The maximum absolute atomic E-state index is 12.6. The molecule has 0 aromatic heterocycles.